The summed E-state index contributed by atoms with van der Waals surface area (Å²) in [7, 11) is 1.59. The maximum atomic E-state index is 11.4. The second kappa shape index (κ2) is 4.91. The fourth-order valence-corrected chi connectivity index (χ4v) is 1.50. The van der Waals surface area contributed by atoms with Crippen LogP contribution in [0.5, 0.6) is 0 Å². The summed E-state index contributed by atoms with van der Waals surface area (Å²) in [5, 5.41) is 0. The molecular formula is C10H16N2O3. The molecule has 84 valence electrons. The molecule has 5 nitrogen and oxygen atoms in total. The minimum atomic E-state index is -0.260. The highest BCUT2D eigenvalue weighted by molar-refractivity contribution is 6.01. The van der Waals surface area contributed by atoms with Gasteiger partial charge in [0.25, 0.3) is 0 Å². The van der Waals surface area contributed by atoms with Crippen LogP contribution in [0.4, 0.5) is 4.79 Å². The SMILES string of the molecule is CCC(=O)CCCN1C(=O)CN(C)C1=O. The Morgan fingerprint density at radius 2 is 2.07 bits per heavy atom. The van der Waals surface area contributed by atoms with Crippen molar-refractivity contribution in [2.24, 2.45) is 0 Å². The zero-order valence-corrected chi connectivity index (χ0v) is 9.15. The Labute approximate surface area is 89.0 Å². The van der Waals surface area contributed by atoms with Crippen molar-refractivity contribution in [3.8, 4) is 0 Å². The number of carbonyl (C=O) groups excluding carboxylic acids is 3. The monoisotopic (exact) mass is 212 g/mol. The number of Topliss-reactive ketones (excluding diaryl/α,β-unsaturated/α-hetero) is 1. The lowest BCUT2D eigenvalue weighted by Crippen LogP contribution is -2.32. The average Bonchev–Trinajstić information content (AvgIpc) is 2.44. The van der Waals surface area contributed by atoms with Crippen LogP contribution in [-0.2, 0) is 9.59 Å². The first-order valence-electron chi connectivity index (χ1n) is 5.13. The number of rotatable bonds is 5. The van der Waals surface area contributed by atoms with Gasteiger partial charge in [0.2, 0.25) is 5.91 Å². The molecule has 0 unspecified atom stereocenters. The van der Waals surface area contributed by atoms with Crippen LogP contribution in [0.1, 0.15) is 26.2 Å². The molecule has 0 N–H and O–H groups in total. The van der Waals surface area contributed by atoms with Gasteiger partial charge in [-0.15, -0.1) is 0 Å². The van der Waals surface area contributed by atoms with Crippen LogP contribution in [-0.4, -0.2) is 47.7 Å². The van der Waals surface area contributed by atoms with Gasteiger partial charge in [-0.3, -0.25) is 14.5 Å². The Morgan fingerprint density at radius 1 is 1.40 bits per heavy atom. The van der Waals surface area contributed by atoms with Crippen molar-refractivity contribution in [3.63, 3.8) is 0 Å². The van der Waals surface area contributed by atoms with E-state index in [-0.39, 0.29) is 24.3 Å². The highest BCUT2D eigenvalue weighted by Gasteiger charge is 2.32. The smallest absolute Gasteiger partial charge is 0.318 e. The van der Waals surface area contributed by atoms with E-state index in [0.29, 0.717) is 25.8 Å². The van der Waals surface area contributed by atoms with Crippen LogP contribution < -0.4 is 0 Å². The topological polar surface area (TPSA) is 57.7 Å². The minimum absolute atomic E-state index is 0.153. The Morgan fingerprint density at radius 3 is 2.53 bits per heavy atom. The van der Waals surface area contributed by atoms with Gasteiger partial charge in [0.05, 0.1) is 0 Å². The fourth-order valence-electron chi connectivity index (χ4n) is 1.50. The summed E-state index contributed by atoms with van der Waals surface area (Å²) >= 11 is 0. The van der Waals surface area contributed by atoms with Gasteiger partial charge in [0, 0.05) is 26.4 Å². The Kier molecular flexibility index (Phi) is 3.82. The van der Waals surface area contributed by atoms with Crippen molar-refractivity contribution < 1.29 is 14.4 Å². The number of likely N-dealkylation sites (N-methyl/N-ethyl adjacent to an activating group) is 1. The van der Waals surface area contributed by atoms with Gasteiger partial charge in [0.15, 0.2) is 0 Å². The van der Waals surface area contributed by atoms with Gasteiger partial charge in [-0.1, -0.05) is 6.92 Å². The van der Waals surface area contributed by atoms with E-state index in [9.17, 15) is 14.4 Å². The van der Waals surface area contributed by atoms with Crippen molar-refractivity contribution >= 4 is 17.7 Å². The largest absolute Gasteiger partial charge is 0.326 e. The number of imide groups is 1. The summed E-state index contributed by atoms with van der Waals surface area (Å²) < 4.78 is 0. The Hall–Kier alpha value is -1.39. The lowest BCUT2D eigenvalue weighted by Gasteiger charge is -2.13. The number of amides is 3. The fraction of sp³-hybridized carbons (Fsp3) is 0.700. The van der Waals surface area contributed by atoms with E-state index in [1.807, 2.05) is 6.92 Å². The second-order valence-electron chi connectivity index (χ2n) is 3.68. The molecule has 0 saturated carbocycles. The maximum absolute atomic E-state index is 11.4. The molecule has 1 heterocycles. The molecule has 0 bridgehead atoms. The highest BCUT2D eigenvalue weighted by Crippen LogP contribution is 2.09. The van der Waals surface area contributed by atoms with Crippen LogP contribution >= 0.6 is 0 Å². The molecule has 3 amide bonds. The van der Waals surface area contributed by atoms with Gasteiger partial charge >= 0.3 is 6.03 Å². The van der Waals surface area contributed by atoms with Gasteiger partial charge in [-0.05, 0) is 6.42 Å². The van der Waals surface area contributed by atoms with Gasteiger partial charge in [-0.25, -0.2) is 4.79 Å². The number of ketones is 1. The number of urea groups is 1. The van der Waals surface area contributed by atoms with E-state index in [0.717, 1.165) is 0 Å². The number of hydrogen-bond acceptors (Lipinski definition) is 3. The zero-order chi connectivity index (χ0) is 11.4. The van der Waals surface area contributed by atoms with E-state index in [2.05, 4.69) is 0 Å². The number of nitrogens with zero attached hydrogens (tertiary/aromatic N) is 2. The highest BCUT2D eigenvalue weighted by atomic mass is 16.2. The summed E-state index contributed by atoms with van der Waals surface area (Å²) in [6.45, 7) is 2.32. The lowest BCUT2D eigenvalue weighted by molar-refractivity contribution is -0.126. The third kappa shape index (κ3) is 2.78. The van der Waals surface area contributed by atoms with Crippen molar-refractivity contribution in [3.05, 3.63) is 0 Å². The normalized spacial score (nSPS) is 16.4. The molecule has 0 aliphatic carbocycles. The van der Waals surface area contributed by atoms with Crippen LogP contribution in [0.25, 0.3) is 0 Å². The first-order chi connectivity index (χ1) is 7.06. The minimum Gasteiger partial charge on any atom is -0.318 e. The number of hydrogen-bond donors (Lipinski definition) is 0. The van der Waals surface area contributed by atoms with Crippen LogP contribution in [0.15, 0.2) is 0 Å². The number of carbonyl (C=O) groups is 3. The molecular weight excluding hydrogens is 196 g/mol. The van der Waals surface area contributed by atoms with E-state index < -0.39 is 0 Å². The summed E-state index contributed by atoms with van der Waals surface area (Å²) in [6.07, 6.45) is 1.52. The predicted molar refractivity (Wildman–Crippen MR) is 54.3 cm³/mol. The molecule has 1 fully saturated rings. The first kappa shape index (κ1) is 11.7. The molecule has 5 heteroatoms. The Bertz CT molecular complexity index is 288. The quantitative estimate of drug-likeness (QED) is 0.628. The maximum Gasteiger partial charge on any atom is 0.326 e. The van der Waals surface area contributed by atoms with Gasteiger partial charge in [-0.2, -0.15) is 0 Å². The van der Waals surface area contributed by atoms with Gasteiger partial charge < -0.3 is 4.90 Å². The van der Waals surface area contributed by atoms with Crippen LogP contribution in [0.2, 0.25) is 0 Å². The average molecular weight is 212 g/mol. The molecule has 1 aliphatic heterocycles. The Balaban J connectivity index is 2.36. The molecule has 15 heavy (non-hydrogen) atoms. The zero-order valence-electron chi connectivity index (χ0n) is 9.15. The summed E-state index contributed by atoms with van der Waals surface area (Å²) in [6, 6.07) is -0.260. The summed E-state index contributed by atoms with van der Waals surface area (Å²) in [5.74, 6) is -0.00565. The van der Waals surface area contributed by atoms with Crippen LogP contribution in [0.3, 0.4) is 0 Å². The predicted octanol–water partition coefficient (Wildman–Crippen LogP) is 0.640. The van der Waals surface area contributed by atoms with Crippen molar-refractivity contribution in [2.75, 3.05) is 20.1 Å². The van der Waals surface area contributed by atoms with Crippen molar-refractivity contribution in [2.45, 2.75) is 26.2 Å². The molecule has 1 aliphatic rings. The molecule has 1 rings (SSSR count). The summed E-state index contributed by atoms with van der Waals surface area (Å²) in [5.41, 5.74) is 0. The molecule has 0 aromatic heterocycles. The van der Waals surface area contributed by atoms with E-state index in [1.165, 1.54) is 9.80 Å². The molecule has 0 atom stereocenters. The van der Waals surface area contributed by atoms with Crippen LogP contribution in [0, 0.1) is 0 Å². The van der Waals surface area contributed by atoms with Crippen molar-refractivity contribution in [1.29, 1.82) is 0 Å². The first-order valence-corrected chi connectivity index (χ1v) is 5.13. The van der Waals surface area contributed by atoms with E-state index in [1.54, 1.807) is 7.05 Å². The molecule has 0 aromatic rings. The second-order valence-corrected chi connectivity index (χ2v) is 3.68. The third-order valence-electron chi connectivity index (χ3n) is 2.46. The standard InChI is InChI=1S/C10H16N2O3/c1-3-8(13)5-4-6-12-9(14)7-11(2)10(12)15/h3-7H2,1-2H3. The van der Waals surface area contributed by atoms with Crippen molar-refractivity contribution in [1.82, 2.24) is 9.80 Å². The van der Waals surface area contributed by atoms with Gasteiger partial charge in [0.1, 0.15) is 12.3 Å². The molecule has 0 aromatic carbocycles. The van der Waals surface area contributed by atoms with E-state index in [4.69, 9.17) is 0 Å². The third-order valence-corrected chi connectivity index (χ3v) is 2.46. The summed E-state index contributed by atoms with van der Waals surface area (Å²) in [4.78, 5) is 36.3. The van der Waals surface area contributed by atoms with E-state index >= 15 is 0 Å². The molecule has 0 radical (unpaired) electrons. The molecule has 1 saturated heterocycles. The lowest BCUT2D eigenvalue weighted by atomic mass is 10.2. The molecule has 0 spiro atoms.